The Morgan fingerprint density at radius 2 is 1.09 bits per heavy atom. The lowest BCUT2D eigenvalue weighted by atomic mass is 9.96. The molecule has 3 aromatic heterocycles. The molecule has 0 saturated heterocycles. The van der Waals surface area contributed by atoms with E-state index in [9.17, 15) is 0 Å². The van der Waals surface area contributed by atoms with Crippen LogP contribution in [0.5, 0.6) is 0 Å². The third-order valence-electron chi connectivity index (χ3n) is 9.21. The lowest BCUT2D eigenvalue weighted by Crippen LogP contribution is -1.92. The Bertz CT molecular complexity index is 2740. The molecule has 3 heterocycles. The number of rotatable bonds is 3. The highest BCUT2D eigenvalue weighted by Crippen LogP contribution is 2.46. The summed E-state index contributed by atoms with van der Waals surface area (Å²) < 4.78 is 7.83. The quantitative estimate of drug-likeness (QED) is 0.188. The summed E-state index contributed by atoms with van der Waals surface area (Å²) in [6, 6.07) is 55.6. The first-order chi connectivity index (χ1) is 22.3. The molecule has 0 bridgehead atoms. The summed E-state index contributed by atoms with van der Waals surface area (Å²) in [5.74, 6) is 0. The molecule has 0 saturated carbocycles. The molecule has 0 N–H and O–H groups in total. The standard InChI is InChI=1S/C42H25NS2/c1-2-11-29(12-3-1)43-36-18-7-6-14-33(36)42-39(43)35-17-8-16-32(41(35)45-42)28-22-20-27(21-23-28)30-15-9-19-37-38(30)34-25-24-26-10-4-5-13-31(26)40(34)44-37/h1-25H. The van der Waals surface area contributed by atoms with Crippen molar-refractivity contribution in [2.24, 2.45) is 0 Å². The molecule has 0 aliphatic carbocycles. The van der Waals surface area contributed by atoms with Gasteiger partial charge in [0.1, 0.15) is 0 Å². The maximum Gasteiger partial charge on any atom is 0.0727 e. The molecule has 3 heteroatoms. The van der Waals surface area contributed by atoms with Gasteiger partial charge in [-0.05, 0) is 57.3 Å². The number of hydrogen-bond acceptors (Lipinski definition) is 2. The molecule has 1 nitrogen and oxygen atoms in total. The molecular weight excluding hydrogens is 583 g/mol. The van der Waals surface area contributed by atoms with Crippen LogP contribution in [0.3, 0.4) is 0 Å². The van der Waals surface area contributed by atoms with E-state index in [1.54, 1.807) is 0 Å². The average molecular weight is 608 g/mol. The maximum absolute atomic E-state index is 2.44. The lowest BCUT2D eigenvalue weighted by molar-refractivity contribution is 1.19. The highest BCUT2D eigenvalue weighted by Gasteiger charge is 2.19. The molecular formula is C42H25NS2. The Hall–Kier alpha value is -5.22. The SMILES string of the molecule is c1ccc(-n2c3ccccc3c3sc4c(-c5ccc(-c6cccc7sc8c9ccccc9ccc8c67)cc5)cccc4c32)cc1. The summed E-state index contributed by atoms with van der Waals surface area (Å²) in [5.41, 5.74) is 8.83. The lowest BCUT2D eigenvalue weighted by Gasteiger charge is -2.10. The van der Waals surface area contributed by atoms with Crippen LogP contribution in [-0.2, 0) is 0 Å². The smallest absolute Gasteiger partial charge is 0.0727 e. The van der Waals surface area contributed by atoms with Gasteiger partial charge in [-0.3, -0.25) is 0 Å². The molecule has 0 aliphatic rings. The van der Waals surface area contributed by atoms with Gasteiger partial charge in [0.25, 0.3) is 0 Å². The van der Waals surface area contributed by atoms with Crippen LogP contribution in [0.15, 0.2) is 152 Å². The second-order valence-corrected chi connectivity index (χ2v) is 13.7. The molecule has 0 atom stereocenters. The predicted molar refractivity (Wildman–Crippen MR) is 197 cm³/mol. The summed E-state index contributed by atoms with van der Waals surface area (Å²) >= 11 is 3.82. The third kappa shape index (κ3) is 3.66. The van der Waals surface area contributed by atoms with Crippen molar-refractivity contribution in [3.8, 4) is 27.9 Å². The first-order valence-corrected chi connectivity index (χ1v) is 16.9. The third-order valence-corrected chi connectivity index (χ3v) is 11.7. The van der Waals surface area contributed by atoms with Gasteiger partial charge in [-0.2, -0.15) is 0 Å². The van der Waals surface area contributed by atoms with Crippen LogP contribution in [0.4, 0.5) is 0 Å². The van der Waals surface area contributed by atoms with Gasteiger partial charge in [0.2, 0.25) is 0 Å². The van der Waals surface area contributed by atoms with E-state index in [0.717, 1.165) is 0 Å². The number of para-hydroxylation sites is 2. The summed E-state index contributed by atoms with van der Waals surface area (Å²) in [5, 5.41) is 7.94. The number of fused-ring (bicyclic) bond motifs is 10. The number of hydrogen-bond donors (Lipinski definition) is 0. The van der Waals surface area contributed by atoms with Crippen molar-refractivity contribution in [3.05, 3.63) is 152 Å². The van der Waals surface area contributed by atoms with E-state index in [0.29, 0.717) is 0 Å². The first kappa shape index (κ1) is 25.1. The van der Waals surface area contributed by atoms with Crippen LogP contribution in [0.25, 0.3) is 90.1 Å². The second kappa shape index (κ2) is 9.64. The van der Waals surface area contributed by atoms with Crippen molar-refractivity contribution >= 4 is 84.8 Å². The van der Waals surface area contributed by atoms with E-state index in [2.05, 4.69) is 156 Å². The van der Waals surface area contributed by atoms with Gasteiger partial charge >= 0.3 is 0 Å². The minimum absolute atomic E-state index is 1.20. The van der Waals surface area contributed by atoms with Crippen LogP contribution < -0.4 is 0 Å². The Balaban J connectivity index is 1.14. The molecule has 0 amide bonds. The van der Waals surface area contributed by atoms with Gasteiger partial charge in [-0.15, -0.1) is 22.7 Å². The zero-order valence-corrected chi connectivity index (χ0v) is 25.8. The van der Waals surface area contributed by atoms with Crippen molar-refractivity contribution < 1.29 is 0 Å². The topological polar surface area (TPSA) is 4.93 Å². The molecule has 45 heavy (non-hydrogen) atoms. The fourth-order valence-corrected chi connectivity index (χ4v) is 9.81. The van der Waals surface area contributed by atoms with Crippen LogP contribution in [0.2, 0.25) is 0 Å². The van der Waals surface area contributed by atoms with E-state index >= 15 is 0 Å². The largest absolute Gasteiger partial charge is 0.308 e. The van der Waals surface area contributed by atoms with Crippen molar-refractivity contribution in [3.63, 3.8) is 0 Å². The second-order valence-electron chi connectivity index (χ2n) is 11.7. The highest BCUT2D eigenvalue weighted by atomic mass is 32.1. The fraction of sp³-hybridized carbons (Fsp3) is 0. The molecule has 0 spiro atoms. The number of thiophene rings is 2. The minimum atomic E-state index is 1.20. The predicted octanol–water partition coefficient (Wildman–Crippen LogP) is 12.9. The average Bonchev–Trinajstić information content (AvgIpc) is 3.78. The van der Waals surface area contributed by atoms with Gasteiger partial charge in [0.15, 0.2) is 0 Å². The zero-order valence-electron chi connectivity index (χ0n) is 24.2. The van der Waals surface area contributed by atoms with E-state index < -0.39 is 0 Å². The summed E-state index contributed by atoms with van der Waals surface area (Å²) in [7, 11) is 0. The van der Waals surface area contributed by atoms with Gasteiger partial charge in [0.05, 0.1) is 15.7 Å². The highest BCUT2D eigenvalue weighted by molar-refractivity contribution is 7.27. The van der Waals surface area contributed by atoms with Gasteiger partial charge in [-0.1, -0.05) is 127 Å². The molecule has 0 radical (unpaired) electrons. The molecule has 0 aliphatic heterocycles. The maximum atomic E-state index is 2.44. The first-order valence-electron chi connectivity index (χ1n) is 15.3. The Morgan fingerprint density at radius 1 is 0.400 bits per heavy atom. The van der Waals surface area contributed by atoms with E-state index in [1.807, 2.05) is 22.7 Å². The van der Waals surface area contributed by atoms with Gasteiger partial charge in [-0.25, -0.2) is 0 Å². The van der Waals surface area contributed by atoms with Crippen molar-refractivity contribution in [2.45, 2.75) is 0 Å². The summed E-state index contributed by atoms with van der Waals surface area (Å²) in [4.78, 5) is 0. The Kier molecular flexibility index (Phi) is 5.39. The van der Waals surface area contributed by atoms with Crippen molar-refractivity contribution in [1.29, 1.82) is 0 Å². The molecule has 0 fully saturated rings. The van der Waals surface area contributed by atoms with Crippen LogP contribution in [-0.4, -0.2) is 4.57 Å². The Morgan fingerprint density at radius 3 is 1.96 bits per heavy atom. The van der Waals surface area contributed by atoms with Crippen molar-refractivity contribution in [1.82, 2.24) is 4.57 Å². The van der Waals surface area contributed by atoms with E-state index in [-0.39, 0.29) is 0 Å². The molecule has 10 rings (SSSR count). The molecule has 210 valence electrons. The van der Waals surface area contributed by atoms with Gasteiger partial charge < -0.3 is 4.57 Å². The number of benzene rings is 7. The van der Waals surface area contributed by atoms with Crippen LogP contribution >= 0.6 is 22.7 Å². The Labute approximate surface area is 267 Å². The zero-order chi connectivity index (χ0) is 29.5. The molecule has 7 aromatic carbocycles. The van der Waals surface area contributed by atoms with Gasteiger partial charge in [0, 0.05) is 41.3 Å². The number of nitrogens with zero attached hydrogens (tertiary/aromatic N) is 1. The normalized spacial score (nSPS) is 12.0. The molecule has 10 aromatic rings. The minimum Gasteiger partial charge on any atom is -0.308 e. The van der Waals surface area contributed by atoms with Crippen LogP contribution in [0, 0.1) is 0 Å². The van der Waals surface area contributed by atoms with E-state index in [1.165, 1.54) is 90.1 Å². The summed E-state index contributed by atoms with van der Waals surface area (Å²) in [6.07, 6.45) is 0. The van der Waals surface area contributed by atoms with Crippen LogP contribution in [0.1, 0.15) is 0 Å². The monoisotopic (exact) mass is 607 g/mol. The summed E-state index contributed by atoms with van der Waals surface area (Å²) in [6.45, 7) is 0. The van der Waals surface area contributed by atoms with Crippen molar-refractivity contribution in [2.75, 3.05) is 0 Å². The molecule has 0 unspecified atom stereocenters. The number of aromatic nitrogens is 1. The fourth-order valence-electron chi connectivity index (χ4n) is 7.19. The van der Waals surface area contributed by atoms with E-state index in [4.69, 9.17) is 0 Å².